The lowest BCUT2D eigenvalue weighted by Crippen LogP contribution is -2.28. The number of nitrogens with two attached hydrogens (primary N) is 1. The van der Waals surface area contributed by atoms with Crippen LogP contribution >= 0.6 is 0 Å². The molecule has 0 aliphatic carbocycles. The Morgan fingerprint density at radius 2 is 1.70 bits per heavy atom. The van der Waals surface area contributed by atoms with Crippen LogP contribution < -0.4 is 10.6 Å². The minimum absolute atomic E-state index is 0.147. The molecule has 0 aromatic heterocycles. The number of hydrogen-bond acceptors (Lipinski definition) is 2. The lowest BCUT2D eigenvalue weighted by molar-refractivity contribution is 0.610. The van der Waals surface area contributed by atoms with Gasteiger partial charge in [0.05, 0.1) is 0 Å². The minimum atomic E-state index is -0.160. The summed E-state index contributed by atoms with van der Waals surface area (Å²) < 4.78 is 13.8. The zero-order chi connectivity index (χ0) is 15.1. The van der Waals surface area contributed by atoms with Crippen molar-refractivity contribution in [2.45, 2.75) is 59.4 Å². The van der Waals surface area contributed by atoms with E-state index >= 15 is 0 Å². The lowest BCUT2D eigenvalue weighted by Gasteiger charge is -2.29. The Morgan fingerprint density at radius 1 is 1.15 bits per heavy atom. The fourth-order valence-corrected chi connectivity index (χ4v) is 2.37. The van der Waals surface area contributed by atoms with E-state index in [0.29, 0.717) is 5.56 Å². The summed E-state index contributed by atoms with van der Waals surface area (Å²) in [5, 5.41) is 0. The van der Waals surface area contributed by atoms with Crippen molar-refractivity contribution in [3.63, 3.8) is 0 Å². The Balaban J connectivity index is 3.11. The quantitative estimate of drug-likeness (QED) is 0.756. The van der Waals surface area contributed by atoms with Crippen molar-refractivity contribution < 1.29 is 4.39 Å². The van der Waals surface area contributed by atoms with Crippen molar-refractivity contribution in [2.75, 3.05) is 18.0 Å². The molecule has 0 unspecified atom stereocenters. The molecule has 0 spiro atoms. The van der Waals surface area contributed by atoms with Gasteiger partial charge in [-0.2, -0.15) is 0 Å². The van der Waals surface area contributed by atoms with Crippen molar-refractivity contribution in [3.05, 3.63) is 29.1 Å². The van der Waals surface area contributed by atoms with E-state index in [9.17, 15) is 4.39 Å². The van der Waals surface area contributed by atoms with E-state index in [2.05, 4.69) is 18.7 Å². The van der Waals surface area contributed by atoms with E-state index in [-0.39, 0.29) is 11.9 Å². The summed E-state index contributed by atoms with van der Waals surface area (Å²) in [6.45, 7) is 10.2. The summed E-state index contributed by atoms with van der Waals surface area (Å²) in [4.78, 5) is 2.37. The molecule has 0 saturated heterocycles. The molecule has 2 nitrogen and oxygen atoms in total. The second kappa shape index (κ2) is 8.25. The van der Waals surface area contributed by atoms with Crippen molar-refractivity contribution >= 4 is 5.69 Å². The second-order valence-electron chi connectivity index (χ2n) is 5.64. The third kappa shape index (κ3) is 4.48. The van der Waals surface area contributed by atoms with E-state index < -0.39 is 0 Å². The average molecular weight is 280 g/mol. The number of nitrogens with zero attached hydrogens (tertiary/aromatic N) is 1. The van der Waals surface area contributed by atoms with Crippen LogP contribution in [0.5, 0.6) is 0 Å². The van der Waals surface area contributed by atoms with E-state index in [0.717, 1.165) is 50.0 Å². The number of anilines is 1. The summed E-state index contributed by atoms with van der Waals surface area (Å²) in [6, 6.07) is 3.42. The van der Waals surface area contributed by atoms with E-state index in [1.54, 1.807) is 6.07 Å². The van der Waals surface area contributed by atoms with Gasteiger partial charge in [-0.1, -0.05) is 26.7 Å². The van der Waals surface area contributed by atoms with Gasteiger partial charge in [0.15, 0.2) is 0 Å². The first kappa shape index (κ1) is 17.0. The first-order valence-corrected chi connectivity index (χ1v) is 7.81. The predicted molar refractivity (Wildman–Crippen MR) is 85.8 cm³/mol. The van der Waals surface area contributed by atoms with Crippen LogP contribution in [0.15, 0.2) is 12.1 Å². The Hall–Kier alpha value is -1.09. The molecule has 0 heterocycles. The number of halogens is 1. The van der Waals surface area contributed by atoms with Gasteiger partial charge >= 0.3 is 0 Å². The van der Waals surface area contributed by atoms with Crippen LogP contribution in [0.4, 0.5) is 10.1 Å². The topological polar surface area (TPSA) is 29.3 Å². The molecule has 0 amide bonds. The van der Waals surface area contributed by atoms with Gasteiger partial charge in [-0.3, -0.25) is 0 Å². The lowest BCUT2D eigenvalue weighted by atomic mass is 10.0. The average Bonchev–Trinajstić information content (AvgIpc) is 2.41. The van der Waals surface area contributed by atoms with Gasteiger partial charge in [0, 0.05) is 24.8 Å². The third-order valence-electron chi connectivity index (χ3n) is 3.70. The van der Waals surface area contributed by atoms with Gasteiger partial charge in [-0.05, 0) is 49.9 Å². The number of rotatable bonds is 8. The minimum Gasteiger partial charge on any atom is -0.371 e. The standard InChI is InChI=1S/C17H29FN2/c1-5-7-9-20(10-8-6-2)17-11-13(3)16(18)12-15(17)14(4)19/h11-12,14H,5-10,19H2,1-4H3/t14-/m0/s1. The number of unbranched alkanes of at least 4 members (excludes halogenated alkanes) is 2. The molecule has 0 aliphatic heterocycles. The van der Waals surface area contributed by atoms with Crippen LogP contribution in [0, 0.1) is 12.7 Å². The first-order valence-electron chi connectivity index (χ1n) is 7.81. The maximum Gasteiger partial charge on any atom is 0.126 e. The molecule has 0 aliphatic rings. The molecule has 1 rings (SSSR count). The molecule has 0 fully saturated rings. The fourth-order valence-electron chi connectivity index (χ4n) is 2.37. The van der Waals surface area contributed by atoms with E-state index in [1.807, 2.05) is 19.9 Å². The SMILES string of the molecule is CCCCN(CCCC)c1cc(C)c(F)cc1[C@H](C)N. The molecule has 20 heavy (non-hydrogen) atoms. The Bertz CT molecular complexity index is 408. The summed E-state index contributed by atoms with van der Waals surface area (Å²) >= 11 is 0. The summed E-state index contributed by atoms with van der Waals surface area (Å²) in [5.41, 5.74) is 8.76. The smallest absolute Gasteiger partial charge is 0.126 e. The normalized spacial score (nSPS) is 12.5. The molecule has 1 aromatic rings. The molecule has 1 aromatic carbocycles. The second-order valence-corrected chi connectivity index (χ2v) is 5.64. The van der Waals surface area contributed by atoms with Gasteiger partial charge in [0.2, 0.25) is 0 Å². The summed E-state index contributed by atoms with van der Waals surface area (Å²) in [7, 11) is 0. The van der Waals surface area contributed by atoms with Crippen LogP contribution in [0.1, 0.15) is 63.6 Å². The monoisotopic (exact) mass is 280 g/mol. The van der Waals surface area contributed by atoms with E-state index in [4.69, 9.17) is 5.73 Å². The van der Waals surface area contributed by atoms with Gasteiger partial charge in [0.25, 0.3) is 0 Å². The highest BCUT2D eigenvalue weighted by Crippen LogP contribution is 2.29. The predicted octanol–water partition coefficient (Wildman–Crippen LogP) is 4.56. The molecule has 3 heteroatoms. The summed E-state index contributed by atoms with van der Waals surface area (Å²) in [6.07, 6.45) is 4.63. The fraction of sp³-hybridized carbons (Fsp3) is 0.647. The molecule has 1 atom stereocenters. The highest BCUT2D eigenvalue weighted by atomic mass is 19.1. The molecule has 2 N–H and O–H groups in total. The largest absolute Gasteiger partial charge is 0.371 e. The molecular formula is C17H29FN2. The molecular weight excluding hydrogens is 251 g/mol. The molecule has 0 bridgehead atoms. The third-order valence-corrected chi connectivity index (χ3v) is 3.70. The van der Waals surface area contributed by atoms with Crippen LogP contribution in [0.25, 0.3) is 0 Å². The van der Waals surface area contributed by atoms with Crippen LogP contribution in [0.2, 0.25) is 0 Å². The zero-order valence-corrected chi connectivity index (χ0v) is 13.4. The number of benzene rings is 1. The van der Waals surface area contributed by atoms with E-state index in [1.165, 1.54) is 0 Å². The molecule has 114 valence electrons. The van der Waals surface area contributed by atoms with Gasteiger partial charge in [-0.25, -0.2) is 4.39 Å². The van der Waals surface area contributed by atoms with Crippen molar-refractivity contribution in [1.82, 2.24) is 0 Å². The Morgan fingerprint density at radius 3 is 2.15 bits per heavy atom. The first-order chi connectivity index (χ1) is 9.51. The Kier molecular flexibility index (Phi) is 7.00. The number of hydrogen-bond donors (Lipinski definition) is 1. The van der Waals surface area contributed by atoms with Crippen molar-refractivity contribution in [3.8, 4) is 0 Å². The van der Waals surface area contributed by atoms with Crippen molar-refractivity contribution in [2.24, 2.45) is 5.73 Å². The highest BCUT2D eigenvalue weighted by Gasteiger charge is 2.16. The van der Waals surface area contributed by atoms with Gasteiger partial charge in [0.1, 0.15) is 5.82 Å². The molecule has 0 saturated carbocycles. The van der Waals surface area contributed by atoms with Crippen LogP contribution in [0.3, 0.4) is 0 Å². The summed E-state index contributed by atoms with van der Waals surface area (Å²) in [5.74, 6) is -0.160. The number of aryl methyl sites for hydroxylation is 1. The Labute approximate surface area is 123 Å². The highest BCUT2D eigenvalue weighted by molar-refractivity contribution is 5.57. The molecule has 0 radical (unpaired) electrons. The van der Waals surface area contributed by atoms with Gasteiger partial charge in [-0.15, -0.1) is 0 Å². The van der Waals surface area contributed by atoms with Crippen molar-refractivity contribution in [1.29, 1.82) is 0 Å². The zero-order valence-electron chi connectivity index (χ0n) is 13.4. The maximum absolute atomic E-state index is 13.8. The van der Waals surface area contributed by atoms with Crippen LogP contribution in [-0.4, -0.2) is 13.1 Å². The maximum atomic E-state index is 13.8. The van der Waals surface area contributed by atoms with Crippen LogP contribution in [-0.2, 0) is 0 Å². The van der Waals surface area contributed by atoms with Gasteiger partial charge < -0.3 is 10.6 Å².